The summed E-state index contributed by atoms with van der Waals surface area (Å²) in [6, 6.07) is 4.25. The van der Waals surface area contributed by atoms with Gasteiger partial charge < -0.3 is 10.1 Å². The minimum Gasteiger partial charge on any atom is -0.496 e. The summed E-state index contributed by atoms with van der Waals surface area (Å²) in [5.41, 5.74) is 3.59. The van der Waals surface area contributed by atoms with Crippen LogP contribution in [0.2, 0.25) is 0 Å². The van der Waals surface area contributed by atoms with E-state index in [1.54, 1.807) is 7.11 Å². The van der Waals surface area contributed by atoms with E-state index in [0.29, 0.717) is 5.92 Å². The minimum absolute atomic E-state index is 0.715. The summed E-state index contributed by atoms with van der Waals surface area (Å²) in [7, 11) is 1.73. The lowest BCUT2D eigenvalue weighted by atomic mass is 10.0. The smallest absolute Gasteiger partial charge is 0.126 e. The Morgan fingerprint density at radius 2 is 2.00 bits per heavy atom. The first-order valence-corrected chi connectivity index (χ1v) is 6.48. The second kappa shape index (κ2) is 6.53. The molecule has 0 radical (unpaired) electrons. The summed E-state index contributed by atoms with van der Waals surface area (Å²) in [6.45, 7) is 9.74. The summed E-state index contributed by atoms with van der Waals surface area (Å²) in [5, 5.41) is 3.52. The van der Waals surface area contributed by atoms with Gasteiger partial charge in [0.05, 0.1) is 7.11 Å². The standard InChI is InChI=1S/C15H25NO/c1-6-7-11(2)10-16-14-9-8-12(3)15(17-5)13(14)4/h8-9,11,16H,6-7,10H2,1-5H3. The van der Waals surface area contributed by atoms with Crippen molar-refractivity contribution in [3.05, 3.63) is 23.3 Å². The molecule has 1 unspecified atom stereocenters. The molecular weight excluding hydrogens is 210 g/mol. The molecule has 2 nitrogen and oxygen atoms in total. The number of hydrogen-bond donors (Lipinski definition) is 1. The van der Waals surface area contributed by atoms with Crippen LogP contribution >= 0.6 is 0 Å². The zero-order chi connectivity index (χ0) is 12.8. The number of aryl methyl sites for hydroxylation is 1. The fourth-order valence-corrected chi connectivity index (χ4v) is 2.21. The quantitative estimate of drug-likeness (QED) is 0.799. The molecule has 17 heavy (non-hydrogen) atoms. The minimum atomic E-state index is 0.715. The third-order valence-corrected chi connectivity index (χ3v) is 3.23. The van der Waals surface area contributed by atoms with Gasteiger partial charge in [-0.05, 0) is 37.8 Å². The van der Waals surface area contributed by atoms with Crippen LogP contribution in [-0.2, 0) is 0 Å². The van der Waals surface area contributed by atoms with Crippen molar-refractivity contribution in [1.29, 1.82) is 0 Å². The summed E-state index contributed by atoms with van der Waals surface area (Å²) >= 11 is 0. The van der Waals surface area contributed by atoms with Gasteiger partial charge in [-0.25, -0.2) is 0 Å². The average Bonchev–Trinajstić information content (AvgIpc) is 2.29. The lowest BCUT2D eigenvalue weighted by Gasteiger charge is -2.17. The molecule has 0 saturated carbocycles. The van der Waals surface area contributed by atoms with Crippen LogP contribution in [0.15, 0.2) is 12.1 Å². The Bertz CT molecular complexity index is 360. The molecule has 0 spiro atoms. The van der Waals surface area contributed by atoms with E-state index in [1.165, 1.54) is 29.7 Å². The summed E-state index contributed by atoms with van der Waals surface area (Å²) in [4.78, 5) is 0. The molecule has 0 aliphatic rings. The van der Waals surface area contributed by atoms with Gasteiger partial charge in [-0.15, -0.1) is 0 Å². The van der Waals surface area contributed by atoms with E-state index in [0.717, 1.165) is 12.3 Å². The van der Waals surface area contributed by atoms with Gasteiger partial charge in [0.2, 0.25) is 0 Å². The Morgan fingerprint density at radius 1 is 1.29 bits per heavy atom. The zero-order valence-electron chi connectivity index (χ0n) is 11.8. The topological polar surface area (TPSA) is 21.3 Å². The largest absolute Gasteiger partial charge is 0.496 e. The van der Waals surface area contributed by atoms with Crippen LogP contribution in [-0.4, -0.2) is 13.7 Å². The molecule has 1 rings (SSSR count). The van der Waals surface area contributed by atoms with Crippen LogP contribution in [0.4, 0.5) is 5.69 Å². The Hall–Kier alpha value is -1.18. The molecule has 1 aromatic carbocycles. The molecule has 0 amide bonds. The van der Waals surface area contributed by atoms with Crippen molar-refractivity contribution >= 4 is 5.69 Å². The normalized spacial score (nSPS) is 12.3. The second-order valence-corrected chi connectivity index (χ2v) is 4.86. The van der Waals surface area contributed by atoms with Gasteiger partial charge in [-0.3, -0.25) is 0 Å². The van der Waals surface area contributed by atoms with E-state index in [1.807, 2.05) is 0 Å². The Kier molecular flexibility index (Phi) is 5.33. The molecule has 0 fully saturated rings. The molecule has 0 aliphatic carbocycles. The highest BCUT2D eigenvalue weighted by molar-refractivity contribution is 5.59. The van der Waals surface area contributed by atoms with E-state index in [2.05, 4.69) is 45.1 Å². The number of nitrogens with one attached hydrogen (secondary N) is 1. The van der Waals surface area contributed by atoms with Gasteiger partial charge in [0.25, 0.3) is 0 Å². The van der Waals surface area contributed by atoms with Crippen molar-refractivity contribution in [2.75, 3.05) is 19.0 Å². The maximum atomic E-state index is 5.43. The first kappa shape index (κ1) is 13.9. The van der Waals surface area contributed by atoms with Crippen molar-refractivity contribution in [2.45, 2.75) is 40.5 Å². The van der Waals surface area contributed by atoms with Gasteiger partial charge in [0.15, 0.2) is 0 Å². The number of rotatable bonds is 6. The van der Waals surface area contributed by atoms with E-state index < -0.39 is 0 Å². The van der Waals surface area contributed by atoms with Crippen LogP contribution < -0.4 is 10.1 Å². The number of anilines is 1. The van der Waals surface area contributed by atoms with Crippen molar-refractivity contribution in [3.8, 4) is 5.75 Å². The summed E-state index contributed by atoms with van der Waals surface area (Å²) < 4.78 is 5.43. The average molecular weight is 235 g/mol. The van der Waals surface area contributed by atoms with Crippen LogP contribution in [0.3, 0.4) is 0 Å². The Balaban J connectivity index is 2.72. The molecule has 1 atom stereocenters. The van der Waals surface area contributed by atoms with Gasteiger partial charge in [-0.1, -0.05) is 26.3 Å². The zero-order valence-corrected chi connectivity index (χ0v) is 11.8. The number of ether oxygens (including phenoxy) is 1. The Labute approximate surface area is 105 Å². The first-order chi connectivity index (χ1) is 8.10. The van der Waals surface area contributed by atoms with E-state index >= 15 is 0 Å². The Morgan fingerprint density at radius 3 is 2.59 bits per heavy atom. The maximum Gasteiger partial charge on any atom is 0.126 e. The highest BCUT2D eigenvalue weighted by Crippen LogP contribution is 2.29. The molecule has 0 aromatic heterocycles. The van der Waals surface area contributed by atoms with Crippen molar-refractivity contribution in [2.24, 2.45) is 5.92 Å². The highest BCUT2D eigenvalue weighted by atomic mass is 16.5. The summed E-state index contributed by atoms with van der Waals surface area (Å²) in [6.07, 6.45) is 2.52. The van der Waals surface area contributed by atoms with Gasteiger partial charge >= 0.3 is 0 Å². The van der Waals surface area contributed by atoms with Crippen LogP contribution in [0.25, 0.3) is 0 Å². The van der Waals surface area contributed by atoms with Gasteiger partial charge in [0, 0.05) is 17.8 Å². The lowest BCUT2D eigenvalue weighted by Crippen LogP contribution is -2.12. The molecule has 96 valence electrons. The predicted octanol–water partition coefficient (Wildman–Crippen LogP) is 4.16. The van der Waals surface area contributed by atoms with Crippen molar-refractivity contribution in [1.82, 2.24) is 0 Å². The van der Waals surface area contributed by atoms with Crippen molar-refractivity contribution in [3.63, 3.8) is 0 Å². The van der Waals surface area contributed by atoms with E-state index in [4.69, 9.17) is 4.74 Å². The number of benzene rings is 1. The highest BCUT2D eigenvalue weighted by Gasteiger charge is 2.08. The lowest BCUT2D eigenvalue weighted by molar-refractivity contribution is 0.409. The van der Waals surface area contributed by atoms with Crippen LogP contribution in [0, 0.1) is 19.8 Å². The van der Waals surface area contributed by atoms with E-state index in [-0.39, 0.29) is 0 Å². The number of methoxy groups -OCH3 is 1. The second-order valence-electron chi connectivity index (χ2n) is 4.86. The molecule has 0 saturated heterocycles. The molecule has 1 N–H and O–H groups in total. The molecular formula is C15H25NO. The SMILES string of the molecule is CCCC(C)CNc1ccc(C)c(OC)c1C. The fourth-order valence-electron chi connectivity index (χ4n) is 2.21. The van der Waals surface area contributed by atoms with Gasteiger partial charge in [0.1, 0.15) is 5.75 Å². The third kappa shape index (κ3) is 3.65. The van der Waals surface area contributed by atoms with Crippen molar-refractivity contribution < 1.29 is 4.74 Å². The third-order valence-electron chi connectivity index (χ3n) is 3.23. The summed E-state index contributed by atoms with van der Waals surface area (Å²) in [5.74, 6) is 1.71. The molecule has 0 bridgehead atoms. The van der Waals surface area contributed by atoms with E-state index in [9.17, 15) is 0 Å². The maximum absolute atomic E-state index is 5.43. The van der Waals surface area contributed by atoms with Crippen LogP contribution in [0.5, 0.6) is 5.75 Å². The first-order valence-electron chi connectivity index (χ1n) is 6.48. The molecule has 0 aliphatic heterocycles. The molecule has 0 heterocycles. The molecule has 1 aromatic rings. The van der Waals surface area contributed by atoms with Crippen LogP contribution in [0.1, 0.15) is 37.8 Å². The monoisotopic (exact) mass is 235 g/mol. The molecule has 2 heteroatoms. The number of hydrogen-bond acceptors (Lipinski definition) is 2. The fraction of sp³-hybridized carbons (Fsp3) is 0.600. The van der Waals surface area contributed by atoms with Gasteiger partial charge in [-0.2, -0.15) is 0 Å². The predicted molar refractivity (Wildman–Crippen MR) is 75.0 cm³/mol.